The van der Waals surface area contributed by atoms with Crippen LogP contribution in [0.2, 0.25) is 0 Å². The van der Waals surface area contributed by atoms with Gasteiger partial charge in [0.15, 0.2) is 5.82 Å². The smallest absolute Gasteiger partial charge is 0.388 e. The van der Waals surface area contributed by atoms with Crippen LogP contribution in [0, 0.1) is 0 Å². The Labute approximate surface area is 154 Å². The van der Waals surface area contributed by atoms with Crippen molar-refractivity contribution < 1.29 is 23.1 Å². The van der Waals surface area contributed by atoms with Gasteiger partial charge in [0.25, 0.3) is 0 Å². The summed E-state index contributed by atoms with van der Waals surface area (Å²) in [7, 11) is 0. The molecule has 1 fully saturated rings. The number of carbonyl (C=O) groups excluding carboxylic acids is 1. The number of amides is 1. The molecule has 0 radical (unpaired) electrons. The zero-order chi connectivity index (χ0) is 19.6. The number of nitrogens with zero attached hydrogens (tertiary/aromatic N) is 3. The molecule has 1 aromatic carbocycles. The fourth-order valence-corrected chi connectivity index (χ4v) is 3.38. The first-order valence-corrected chi connectivity index (χ1v) is 8.80. The summed E-state index contributed by atoms with van der Waals surface area (Å²) in [6, 6.07) is 4.78. The number of rotatable bonds is 6. The predicted octanol–water partition coefficient (Wildman–Crippen LogP) is 2.41. The predicted molar refractivity (Wildman–Crippen MR) is 90.7 cm³/mol. The van der Waals surface area contributed by atoms with Crippen molar-refractivity contribution in [1.29, 1.82) is 0 Å². The molecule has 3 rings (SSSR count). The Balaban J connectivity index is 1.53. The lowest BCUT2D eigenvalue weighted by atomic mass is 9.79. The van der Waals surface area contributed by atoms with E-state index < -0.39 is 11.7 Å². The maximum absolute atomic E-state index is 12.7. The Kier molecular flexibility index (Phi) is 5.50. The fourth-order valence-electron chi connectivity index (χ4n) is 3.38. The van der Waals surface area contributed by atoms with Crippen LogP contribution in [0.1, 0.15) is 48.5 Å². The van der Waals surface area contributed by atoms with Crippen LogP contribution in [-0.4, -0.2) is 31.8 Å². The molecule has 0 aliphatic heterocycles. The van der Waals surface area contributed by atoms with Gasteiger partial charge in [-0.2, -0.15) is 13.2 Å². The summed E-state index contributed by atoms with van der Waals surface area (Å²) in [6.07, 6.45) is -3.13. The van der Waals surface area contributed by atoms with Gasteiger partial charge in [0.05, 0.1) is 12.0 Å². The van der Waals surface area contributed by atoms with Crippen LogP contribution in [-0.2, 0) is 30.5 Å². The van der Waals surface area contributed by atoms with Crippen molar-refractivity contribution >= 4 is 5.91 Å². The summed E-state index contributed by atoms with van der Waals surface area (Å²) in [5.41, 5.74) is -0.424. The third-order valence-electron chi connectivity index (χ3n) is 4.80. The quantitative estimate of drug-likeness (QED) is 0.804. The molecule has 1 heterocycles. The Hall–Kier alpha value is -2.42. The van der Waals surface area contributed by atoms with E-state index in [-0.39, 0.29) is 30.9 Å². The van der Waals surface area contributed by atoms with Crippen molar-refractivity contribution in [3.8, 4) is 0 Å². The molecule has 0 spiro atoms. The van der Waals surface area contributed by atoms with Crippen molar-refractivity contribution in [3.05, 3.63) is 47.0 Å². The summed E-state index contributed by atoms with van der Waals surface area (Å²) < 4.78 is 40.1. The van der Waals surface area contributed by atoms with Crippen LogP contribution >= 0.6 is 0 Å². The third-order valence-corrected chi connectivity index (χ3v) is 4.80. The van der Waals surface area contributed by atoms with E-state index in [0.29, 0.717) is 30.8 Å². The molecular weight excluding hydrogens is 361 g/mol. The number of hydrogen-bond donors (Lipinski definition) is 2. The third kappa shape index (κ3) is 4.29. The molecule has 0 saturated heterocycles. The van der Waals surface area contributed by atoms with Gasteiger partial charge in [0, 0.05) is 18.5 Å². The maximum Gasteiger partial charge on any atom is 0.416 e. The summed E-state index contributed by atoms with van der Waals surface area (Å²) in [4.78, 5) is 12.1. The molecule has 0 atom stereocenters. The minimum Gasteiger partial charge on any atom is -0.388 e. The topological polar surface area (TPSA) is 80.0 Å². The monoisotopic (exact) mass is 382 g/mol. The molecule has 6 nitrogen and oxygen atoms in total. The van der Waals surface area contributed by atoms with Gasteiger partial charge in [0.1, 0.15) is 12.4 Å². The van der Waals surface area contributed by atoms with E-state index in [2.05, 4.69) is 15.5 Å². The van der Waals surface area contributed by atoms with Crippen molar-refractivity contribution in [2.75, 3.05) is 0 Å². The van der Waals surface area contributed by atoms with Crippen molar-refractivity contribution in [2.45, 2.75) is 57.5 Å². The van der Waals surface area contributed by atoms with Crippen LogP contribution in [0.4, 0.5) is 13.2 Å². The first kappa shape index (κ1) is 19.3. The first-order chi connectivity index (χ1) is 12.8. The van der Waals surface area contributed by atoms with Gasteiger partial charge in [-0.25, -0.2) is 0 Å². The zero-order valence-corrected chi connectivity index (χ0v) is 14.8. The highest BCUT2D eigenvalue weighted by molar-refractivity contribution is 5.79. The standard InChI is InChI=1S/C18H21F3N4O2/c1-2-25-15(10-26)23-24-17(25)12-8-14(9-12)22-16(27)7-11-4-3-5-13(6-11)18(19,20)21/h3-6,12,14,26H,2,7-10H2,1H3,(H,22,27). The molecule has 27 heavy (non-hydrogen) atoms. The highest BCUT2D eigenvalue weighted by Crippen LogP contribution is 2.36. The van der Waals surface area contributed by atoms with E-state index in [0.717, 1.165) is 18.0 Å². The van der Waals surface area contributed by atoms with Crippen LogP contribution in [0.3, 0.4) is 0 Å². The molecule has 2 aromatic rings. The second kappa shape index (κ2) is 7.67. The number of aromatic nitrogens is 3. The van der Waals surface area contributed by atoms with Crippen LogP contribution in [0.25, 0.3) is 0 Å². The number of carbonyl (C=O) groups is 1. The average Bonchev–Trinajstić information content (AvgIpc) is 2.99. The highest BCUT2D eigenvalue weighted by atomic mass is 19.4. The number of aliphatic hydroxyl groups excluding tert-OH is 1. The maximum atomic E-state index is 12.7. The van der Waals surface area contributed by atoms with E-state index in [1.54, 1.807) is 0 Å². The van der Waals surface area contributed by atoms with E-state index in [9.17, 15) is 23.1 Å². The van der Waals surface area contributed by atoms with Gasteiger partial charge in [-0.05, 0) is 31.4 Å². The average molecular weight is 382 g/mol. The first-order valence-electron chi connectivity index (χ1n) is 8.80. The van der Waals surface area contributed by atoms with Crippen molar-refractivity contribution in [1.82, 2.24) is 20.1 Å². The summed E-state index contributed by atoms with van der Waals surface area (Å²) in [5.74, 6) is 1.16. The number of hydrogen-bond acceptors (Lipinski definition) is 4. The van der Waals surface area contributed by atoms with Gasteiger partial charge in [-0.3, -0.25) is 4.79 Å². The van der Waals surface area contributed by atoms with Gasteiger partial charge in [-0.1, -0.05) is 18.2 Å². The molecule has 1 aliphatic rings. The molecule has 0 bridgehead atoms. The van der Waals surface area contributed by atoms with E-state index >= 15 is 0 Å². The Morgan fingerprint density at radius 1 is 1.33 bits per heavy atom. The Morgan fingerprint density at radius 2 is 2.07 bits per heavy atom. The van der Waals surface area contributed by atoms with E-state index in [1.165, 1.54) is 12.1 Å². The van der Waals surface area contributed by atoms with Crippen molar-refractivity contribution in [2.24, 2.45) is 0 Å². The van der Waals surface area contributed by atoms with Gasteiger partial charge in [-0.15, -0.1) is 10.2 Å². The lowest BCUT2D eigenvalue weighted by molar-refractivity contribution is -0.137. The van der Waals surface area contributed by atoms with Crippen LogP contribution in [0.5, 0.6) is 0 Å². The molecule has 2 N–H and O–H groups in total. The molecule has 9 heteroatoms. The van der Waals surface area contributed by atoms with Crippen LogP contribution in [0.15, 0.2) is 24.3 Å². The molecule has 1 aromatic heterocycles. The minimum atomic E-state index is -4.42. The molecule has 1 amide bonds. The van der Waals surface area contributed by atoms with Gasteiger partial charge < -0.3 is 15.0 Å². The number of benzene rings is 1. The molecular formula is C18H21F3N4O2. The molecule has 146 valence electrons. The second-order valence-corrected chi connectivity index (χ2v) is 6.68. The summed E-state index contributed by atoms with van der Waals surface area (Å²) >= 11 is 0. The highest BCUT2D eigenvalue weighted by Gasteiger charge is 2.35. The number of alkyl halides is 3. The normalized spacial score (nSPS) is 19.6. The SMILES string of the molecule is CCn1c(CO)nnc1C1CC(NC(=O)Cc2cccc(C(F)(F)F)c2)C1. The molecule has 0 unspecified atom stereocenters. The Morgan fingerprint density at radius 3 is 2.70 bits per heavy atom. The number of halogens is 3. The van der Waals surface area contributed by atoms with Crippen molar-refractivity contribution in [3.63, 3.8) is 0 Å². The Bertz CT molecular complexity index is 813. The lowest BCUT2D eigenvalue weighted by Crippen LogP contribution is -2.44. The second-order valence-electron chi connectivity index (χ2n) is 6.68. The minimum absolute atomic E-state index is 0.0344. The molecule has 1 saturated carbocycles. The summed E-state index contributed by atoms with van der Waals surface area (Å²) in [5, 5.41) is 20.2. The molecule has 1 aliphatic carbocycles. The lowest BCUT2D eigenvalue weighted by Gasteiger charge is -2.35. The fraction of sp³-hybridized carbons (Fsp3) is 0.500. The number of aliphatic hydroxyl groups is 1. The van der Waals surface area contributed by atoms with E-state index in [1.807, 2.05) is 11.5 Å². The van der Waals surface area contributed by atoms with Gasteiger partial charge in [0.2, 0.25) is 5.91 Å². The summed E-state index contributed by atoms with van der Waals surface area (Å²) in [6.45, 7) is 2.42. The van der Waals surface area contributed by atoms with Crippen LogP contribution < -0.4 is 5.32 Å². The van der Waals surface area contributed by atoms with E-state index in [4.69, 9.17) is 0 Å². The van der Waals surface area contributed by atoms with Gasteiger partial charge >= 0.3 is 6.18 Å². The zero-order valence-electron chi connectivity index (χ0n) is 14.8. The number of nitrogens with one attached hydrogen (secondary N) is 1. The largest absolute Gasteiger partial charge is 0.416 e.